The van der Waals surface area contributed by atoms with Gasteiger partial charge in [0.05, 0.1) is 44.2 Å². The minimum Gasteiger partial charge on any atom is -0.497 e. The van der Waals surface area contributed by atoms with E-state index in [-0.39, 0.29) is 11.5 Å². The van der Waals surface area contributed by atoms with E-state index < -0.39 is 6.04 Å². The molecule has 1 amide bonds. The van der Waals surface area contributed by atoms with E-state index in [0.717, 1.165) is 0 Å². The first-order valence-electron chi connectivity index (χ1n) is 12.7. The Morgan fingerprint density at radius 1 is 0.902 bits per heavy atom. The first kappa shape index (κ1) is 27.7. The number of fused-ring (bicyclic) bond motifs is 1. The van der Waals surface area contributed by atoms with Gasteiger partial charge < -0.3 is 24.3 Å². The van der Waals surface area contributed by atoms with E-state index in [0.29, 0.717) is 60.4 Å². The molecule has 1 aromatic heterocycles. The number of carbonyl (C=O) groups is 1. The van der Waals surface area contributed by atoms with Crippen molar-refractivity contribution in [2.45, 2.75) is 13.0 Å². The van der Waals surface area contributed by atoms with Crippen LogP contribution in [0.1, 0.15) is 24.1 Å². The summed E-state index contributed by atoms with van der Waals surface area (Å²) in [4.78, 5) is 33.1. The summed E-state index contributed by atoms with van der Waals surface area (Å²) in [6, 6.07) is 19.0. The van der Waals surface area contributed by atoms with E-state index in [9.17, 15) is 9.59 Å². The average molecular weight is 572 g/mol. The Morgan fingerprint density at radius 2 is 1.56 bits per heavy atom. The smallest absolute Gasteiger partial charge is 0.271 e. The molecule has 5 rings (SSSR count). The second kappa shape index (κ2) is 11.7. The molecule has 0 radical (unpaired) electrons. The lowest BCUT2D eigenvalue weighted by Crippen LogP contribution is -2.40. The van der Waals surface area contributed by atoms with Crippen molar-refractivity contribution in [2.24, 2.45) is 4.99 Å². The zero-order valence-electron chi connectivity index (χ0n) is 23.3. The molecule has 3 aromatic carbocycles. The molecule has 2 heterocycles. The summed E-state index contributed by atoms with van der Waals surface area (Å²) in [7, 11) is 6.24. The third-order valence-corrected chi connectivity index (χ3v) is 7.74. The van der Waals surface area contributed by atoms with Crippen LogP contribution in [0.3, 0.4) is 0 Å². The highest BCUT2D eigenvalue weighted by atomic mass is 32.1. The van der Waals surface area contributed by atoms with E-state index in [1.807, 2.05) is 24.3 Å². The monoisotopic (exact) mass is 571 g/mol. The number of hydrogen-bond donors (Lipinski definition) is 1. The van der Waals surface area contributed by atoms with Crippen LogP contribution in [0.25, 0.3) is 6.08 Å². The predicted molar refractivity (Wildman–Crippen MR) is 158 cm³/mol. The van der Waals surface area contributed by atoms with Crippen LogP contribution in [0.5, 0.6) is 23.0 Å². The molecular formula is C31H29N3O6S. The number of methoxy groups -OCH3 is 4. The van der Waals surface area contributed by atoms with Crippen molar-refractivity contribution in [3.8, 4) is 23.0 Å². The van der Waals surface area contributed by atoms with Gasteiger partial charge in [0, 0.05) is 28.9 Å². The molecule has 0 spiro atoms. The predicted octanol–water partition coefficient (Wildman–Crippen LogP) is 3.91. The van der Waals surface area contributed by atoms with Gasteiger partial charge in [-0.15, -0.1) is 0 Å². The SMILES string of the molecule is COc1ccc(/C=c2\sc3n(c2=O)[C@@H](c2ccc(OC)cc2OC)C(C(=O)Nc2ccccc2)=C(C)N=3)c(OC)c1. The quantitative estimate of drug-likeness (QED) is 0.344. The largest absolute Gasteiger partial charge is 0.497 e. The van der Waals surface area contributed by atoms with Crippen LogP contribution in [0, 0.1) is 0 Å². The van der Waals surface area contributed by atoms with Crippen molar-refractivity contribution in [1.29, 1.82) is 0 Å². The molecule has 1 aliphatic heterocycles. The normalized spacial score (nSPS) is 14.7. The van der Waals surface area contributed by atoms with E-state index in [1.54, 1.807) is 81.4 Å². The number of ether oxygens (including phenoxy) is 4. The number of amides is 1. The second-order valence-electron chi connectivity index (χ2n) is 9.12. The van der Waals surface area contributed by atoms with Crippen molar-refractivity contribution in [1.82, 2.24) is 4.57 Å². The van der Waals surface area contributed by atoms with Gasteiger partial charge in [0.15, 0.2) is 4.80 Å². The molecule has 10 heteroatoms. The van der Waals surface area contributed by atoms with Crippen LogP contribution < -0.4 is 39.2 Å². The lowest BCUT2D eigenvalue weighted by molar-refractivity contribution is -0.113. The Labute approximate surface area is 240 Å². The summed E-state index contributed by atoms with van der Waals surface area (Å²) in [5.41, 5.74) is 2.48. The molecule has 0 fully saturated rings. The number of nitrogens with zero attached hydrogens (tertiary/aromatic N) is 2. The lowest BCUT2D eigenvalue weighted by Gasteiger charge is -2.26. The van der Waals surface area contributed by atoms with Gasteiger partial charge in [0.1, 0.15) is 29.0 Å². The molecule has 41 heavy (non-hydrogen) atoms. The summed E-state index contributed by atoms with van der Waals surface area (Å²) < 4.78 is 23.9. The second-order valence-corrected chi connectivity index (χ2v) is 10.1. The molecule has 0 aliphatic carbocycles. The molecule has 4 aromatic rings. The number of rotatable bonds is 8. The first-order valence-corrected chi connectivity index (χ1v) is 13.5. The van der Waals surface area contributed by atoms with Crippen LogP contribution in [-0.2, 0) is 4.79 Å². The Kier molecular flexibility index (Phi) is 7.93. The van der Waals surface area contributed by atoms with Crippen LogP contribution in [-0.4, -0.2) is 38.9 Å². The maximum atomic E-state index is 14.1. The molecule has 1 N–H and O–H groups in total. The highest BCUT2D eigenvalue weighted by Gasteiger charge is 2.34. The standard InChI is InChI=1S/C31H29N3O6S/c1-18-27(29(35)33-20-9-7-6-8-10-20)28(23-14-13-22(38-3)17-25(23)40-5)34-30(36)26(41-31(34)32-18)15-19-11-12-21(37-2)16-24(19)39-4/h6-17,28H,1-5H3,(H,33,35)/b26-15-/t28-/m0/s1. The van der Waals surface area contributed by atoms with Crippen molar-refractivity contribution in [3.05, 3.63) is 109 Å². The number of anilines is 1. The number of para-hydroxylation sites is 1. The molecule has 210 valence electrons. The van der Waals surface area contributed by atoms with E-state index in [4.69, 9.17) is 23.9 Å². The van der Waals surface area contributed by atoms with Crippen molar-refractivity contribution in [3.63, 3.8) is 0 Å². The van der Waals surface area contributed by atoms with Crippen LogP contribution in [0.2, 0.25) is 0 Å². The van der Waals surface area contributed by atoms with Crippen LogP contribution in [0.4, 0.5) is 5.69 Å². The number of allylic oxidation sites excluding steroid dienone is 1. The Hall–Kier alpha value is -4.83. The highest BCUT2D eigenvalue weighted by molar-refractivity contribution is 7.07. The van der Waals surface area contributed by atoms with Crippen molar-refractivity contribution < 1.29 is 23.7 Å². The summed E-state index contributed by atoms with van der Waals surface area (Å²) in [5.74, 6) is 1.88. The Bertz CT molecular complexity index is 1820. The summed E-state index contributed by atoms with van der Waals surface area (Å²) in [5, 5.41) is 2.95. The molecular weight excluding hydrogens is 542 g/mol. The molecule has 0 saturated carbocycles. The number of nitrogens with one attached hydrogen (secondary N) is 1. The van der Waals surface area contributed by atoms with Gasteiger partial charge in [-0.2, -0.15) is 0 Å². The Balaban J connectivity index is 1.72. The maximum Gasteiger partial charge on any atom is 0.271 e. The molecule has 1 atom stereocenters. The Morgan fingerprint density at radius 3 is 2.22 bits per heavy atom. The van der Waals surface area contributed by atoms with Crippen molar-refractivity contribution in [2.75, 3.05) is 33.8 Å². The zero-order chi connectivity index (χ0) is 29.1. The number of thiazole rings is 1. The summed E-state index contributed by atoms with van der Waals surface area (Å²) in [6.07, 6.45) is 1.76. The number of aromatic nitrogens is 1. The number of hydrogen-bond acceptors (Lipinski definition) is 8. The minimum atomic E-state index is -0.810. The average Bonchev–Trinajstić information content (AvgIpc) is 3.30. The van der Waals surface area contributed by atoms with Crippen LogP contribution >= 0.6 is 11.3 Å². The highest BCUT2D eigenvalue weighted by Crippen LogP contribution is 2.37. The number of carbonyl (C=O) groups excluding carboxylic acids is 1. The van der Waals surface area contributed by atoms with Gasteiger partial charge >= 0.3 is 0 Å². The van der Waals surface area contributed by atoms with Gasteiger partial charge in [-0.25, -0.2) is 4.99 Å². The number of benzene rings is 3. The topological polar surface area (TPSA) is 100 Å². The van der Waals surface area contributed by atoms with E-state index >= 15 is 0 Å². The first-order chi connectivity index (χ1) is 19.9. The zero-order valence-corrected chi connectivity index (χ0v) is 24.1. The van der Waals surface area contributed by atoms with Crippen LogP contribution in [0.15, 0.2) is 87.8 Å². The molecule has 9 nitrogen and oxygen atoms in total. The fourth-order valence-corrected chi connectivity index (χ4v) is 5.79. The van der Waals surface area contributed by atoms with Gasteiger partial charge in [0.2, 0.25) is 0 Å². The maximum absolute atomic E-state index is 14.1. The van der Waals surface area contributed by atoms with E-state index in [1.165, 1.54) is 18.4 Å². The lowest BCUT2D eigenvalue weighted by atomic mass is 9.94. The molecule has 0 unspecified atom stereocenters. The molecule has 0 bridgehead atoms. The summed E-state index contributed by atoms with van der Waals surface area (Å²) >= 11 is 1.24. The third-order valence-electron chi connectivity index (χ3n) is 6.76. The minimum absolute atomic E-state index is 0.299. The molecule has 0 saturated heterocycles. The fraction of sp³-hybridized carbons (Fsp3) is 0.194. The van der Waals surface area contributed by atoms with Gasteiger partial charge in [-0.3, -0.25) is 14.2 Å². The van der Waals surface area contributed by atoms with Gasteiger partial charge in [-0.05, 0) is 49.4 Å². The van der Waals surface area contributed by atoms with Gasteiger partial charge in [-0.1, -0.05) is 29.5 Å². The van der Waals surface area contributed by atoms with Gasteiger partial charge in [0.25, 0.3) is 11.5 Å². The summed E-state index contributed by atoms with van der Waals surface area (Å²) in [6.45, 7) is 1.77. The van der Waals surface area contributed by atoms with E-state index in [2.05, 4.69) is 5.32 Å². The fourth-order valence-electron chi connectivity index (χ4n) is 4.75. The van der Waals surface area contributed by atoms with Crippen molar-refractivity contribution >= 4 is 29.0 Å². The molecule has 1 aliphatic rings. The third kappa shape index (κ3) is 5.33.